The predicted octanol–water partition coefficient (Wildman–Crippen LogP) is 17.7. The van der Waals surface area contributed by atoms with Crippen LogP contribution >= 0.6 is 0 Å². The quantitative estimate of drug-likeness (QED) is 0.0195. The maximum absolute atomic E-state index is 13.5. The summed E-state index contributed by atoms with van der Waals surface area (Å²) in [5, 5.41) is 57.2. The van der Waals surface area contributed by atoms with E-state index in [-0.39, 0.29) is 19.4 Å². The SMILES string of the molecule is CC/C=C\C/C=C\C/C=C\C/C=C\C/C=C\C/C=C\CCCCCCCCCCC(=O)OC1C(OCC(NC(=O)C(O)CCCC/C=C\C/C=C\C/C=C\C/C=C\C/C=C\CC)C(O)/C=C/CCCCCCCCCCCCC)OC(CO)C(O)C1O. The molecule has 0 aliphatic carbocycles. The first kappa shape index (κ1) is 80.6. The summed E-state index contributed by atoms with van der Waals surface area (Å²) in [6.45, 7) is 5.54. The number of nitrogens with one attached hydrogen (secondary N) is 1. The van der Waals surface area contributed by atoms with Gasteiger partial charge in [-0.25, -0.2) is 0 Å². The molecule has 1 rings (SSSR count). The Morgan fingerprint density at radius 3 is 1.24 bits per heavy atom. The molecule has 0 aromatic heterocycles. The van der Waals surface area contributed by atoms with Crippen LogP contribution in [0.15, 0.2) is 146 Å². The first-order valence-electron chi connectivity index (χ1n) is 34.6. The molecule has 0 aromatic rings. The Morgan fingerprint density at radius 1 is 0.460 bits per heavy atom. The highest BCUT2D eigenvalue weighted by Gasteiger charge is 2.47. The third kappa shape index (κ3) is 49.1. The highest BCUT2D eigenvalue weighted by Crippen LogP contribution is 2.26. The molecule has 8 atom stereocenters. The molecule has 1 fully saturated rings. The van der Waals surface area contributed by atoms with E-state index in [9.17, 15) is 35.1 Å². The molecule has 0 saturated carbocycles. The Hall–Kier alpha value is -4.46. The molecule has 11 nitrogen and oxygen atoms in total. The standard InChI is InChI=1S/C76H125NO10/c1-4-7-10-13-16-19-22-25-27-29-31-32-33-34-35-36-37-38-39-41-43-46-49-52-55-58-61-64-71(81)87-74-73(83)72(82)70(65-78)86-76(74)85-66-67(68(79)62-59-56-53-50-47-44-24-21-18-15-12-9-6-3)77-75(84)69(80)63-60-57-54-51-48-45-42-40-30-28-26-23-20-17-14-11-8-5-2/h7-8,10-11,16-17,19-20,25-28,31-32,34-35,37-38,40,42,48,51,59,62,67-70,72-74,76,78-80,82-83H,4-6,9,12-15,18,21-24,29-30,33,36,39,41,43-47,49-50,52-58,60-61,63-66H2,1-3H3,(H,77,84)/b10-7-,11-8-,19-16-,20-17-,27-25-,28-26-,32-31-,35-34-,38-37-,42-40-,51-48-,62-59+. The van der Waals surface area contributed by atoms with Crippen LogP contribution < -0.4 is 5.32 Å². The maximum atomic E-state index is 13.5. The van der Waals surface area contributed by atoms with Crippen LogP contribution in [-0.2, 0) is 23.8 Å². The fourth-order valence-corrected chi connectivity index (χ4v) is 9.86. The summed E-state index contributed by atoms with van der Waals surface area (Å²) in [6.07, 6.45) is 78.8. The van der Waals surface area contributed by atoms with Gasteiger partial charge >= 0.3 is 5.97 Å². The molecule has 11 heteroatoms. The minimum atomic E-state index is -1.63. The number of rotatable bonds is 57. The summed E-state index contributed by atoms with van der Waals surface area (Å²) in [6, 6.07) is -1.05. The zero-order chi connectivity index (χ0) is 63.1. The lowest BCUT2D eigenvalue weighted by molar-refractivity contribution is -0.305. The Bertz CT molecular complexity index is 1980. The smallest absolute Gasteiger partial charge is 0.306 e. The van der Waals surface area contributed by atoms with Crippen molar-refractivity contribution in [3.05, 3.63) is 146 Å². The third-order valence-corrected chi connectivity index (χ3v) is 15.2. The first-order chi connectivity index (χ1) is 42.7. The van der Waals surface area contributed by atoms with Gasteiger partial charge in [0.05, 0.1) is 25.4 Å². The van der Waals surface area contributed by atoms with E-state index in [1.165, 1.54) is 70.6 Å². The van der Waals surface area contributed by atoms with Crippen molar-refractivity contribution < 1.29 is 49.3 Å². The van der Waals surface area contributed by atoms with Crippen molar-refractivity contribution in [1.82, 2.24) is 5.32 Å². The molecule has 6 N–H and O–H groups in total. The van der Waals surface area contributed by atoms with E-state index in [0.717, 1.165) is 141 Å². The van der Waals surface area contributed by atoms with Crippen molar-refractivity contribution in [1.29, 1.82) is 0 Å². The molecule has 1 saturated heterocycles. The Balaban J connectivity index is 2.63. The van der Waals surface area contributed by atoms with Crippen molar-refractivity contribution >= 4 is 11.9 Å². The van der Waals surface area contributed by atoms with Crippen molar-refractivity contribution in [2.45, 2.75) is 307 Å². The molecule has 1 amide bonds. The lowest BCUT2D eigenvalue weighted by Gasteiger charge is -2.41. The van der Waals surface area contributed by atoms with E-state index >= 15 is 0 Å². The van der Waals surface area contributed by atoms with Gasteiger partial charge in [-0.15, -0.1) is 0 Å². The molecule has 0 aromatic carbocycles. The number of unbranched alkanes of at least 4 members (excludes halogenated alkanes) is 21. The second-order valence-electron chi connectivity index (χ2n) is 23.1. The van der Waals surface area contributed by atoms with Gasteiger partial charge in [0.25, 0.3) is 0 Å². The number of amides is 1. The van der Waals surface area contributed by atoms with Crippen molar-refractivity contribution in [3.63, 3.8) is 0 Å². The van der Waals surface area contributed by atoms with Gasteiger partial charge in [0.1, 0.15) is 24.4 Å². The number of hydrogen-bond donors (Lipinski definition) is 6. The fraction of sp³-hybridized carbons (Fsp3) is 0.658. The summed E-state index contributed by atoms with van der Waals surface area (Å²) in [7, 11) is 0. The average Bonchev–Trinajstić information content (AvgIpc) is 2.51. The molecule has 87 heavy (non-hydrogen) atoms. The zero-order valence-electron chi connectivity index (χ0n) is 54.8. The predicted molar refractivity (Wildman–Crippen MR) is 365 cm³/mol. The lowest BCUT2D eigenvalue weighted by atomic mass is 9.99. The molecule has 0 radical (unpaired) electrons. The highest BCUT2D eigenvalue weighted by molar-refractivity contribution is 5.80. The van der Waals surface area contributed by atoms with Gasteiger partial charge in [-0.1, -0.05) is 276 Å². The average molecular weight is 1210 g/mol. The molecule has 494 valence electrons. The largest absolute Gasteiger partial charge is 0.454 e. The van der Waals surface area contributed by atoms with Crippen LogP contribution in [0.5, 0.6) is 0 Å². The van der Waals surface area contributed by atoms with Crippen LogP contribution in [0, 0.1) is 0 Å². The van der Waals surface area contributed by atoms with E-state index in [1.54, 1.807) is 6.08 Å². The summed E-state index contributed by atoms with van der Waals surface area (Å²) >= 11 is 0. The number of allylic oxidation sites excluding steroid dienone is 23. The van der Waals surface area contributed by atoms with E-state index in [0.29, 0.717) is 12.8 Å². The van der Waals surface area contributed by atoms with Crippen molar-refractivity contribution in [2.24, 2.45) is 0 Å². The summed E-state index contributed by atoms with van der Waals surface area (Å²) in [5.74, 6) is -1.25. The molecule has 8 unspecified atom stereocenters. The topological polar surface area (TPSA) is 175 Å². The molecule has 0 bridgehead atoms. The molecular weight excluding hydrogens is 1090 g/mol. The van der Waals surface area contributed by atoms with Gasteiger partial charge in [-0.2, -0.15) is 0 Å². The van der Waals surface area contributed by atoms with Crippen molar-refractivity contribution in [3.8, 4) is 0 Å². The second-order valence-corrected chi connectivity index (χ2v) is 23.1. The fourth-order valence-electron chi connectivity index (χ4n) is 9.86. The first-order valence-corrected chi connectivity index (χ1v) is 34.6. The third-order valence-electron chi connectivity index (χ3n) is 15.2. The summed E-state index contributed by atoms with van der Waals surface area (Å²) < 4.78 is 17.7. The number of aliphatic hydroxyl groups excluding tert-OH is 5. The lowest BCUT2D eigenvalue weighted by Crippen LogP contribution is -2.61. The van der Waals surface area contributed by atoms with Gasteiger partial charge < -0.3 is 45.1 Å². The van der Waals surface area contributed by atoms with E-state index in [2.05, 4.69) is 160 Å². The number of ether oxygens (including phenoxy) is 3. The van der Waals surface area contributed by atoms with Gasteiger partial charge in [-0.05, 0) is 122 Å². The van der Waals surface area contributed by atoms with E-state index in [4.69, 9.17) is 14.2 Å². The number of carbonyl (C=O) groups is 2. The number of aliphatic hydroxyl groups is 5. The minimum absolute atomic E-state index is 0.100. The summed E-state index contributed by atoms with van der Waals surface area (Å²) in [5.41, 5.74) is 0. The second kappa shape index (κ2) is 61.8. The van der Waals surface area contributed by atoms with Crippen LogP contribution in [0.1, 0.15) is 258 Å². The van der Waals surface area contributed by atoms with Crippen molar-refractivity contribution in [2.75, 3.05) is 13.2 Å². The van der Waals surface area contributed by atoms with E-state index < -0.39 is 67.4 Å². The normalized spacial score (nSPS) is 19.2. The molecule has 1 heterocycles. The molecule has 0 spiro atoms. The van der Waals surface area contributed by atoms with Gasteiger partial charge in [0, 0.05) is 6.42 Å². The van der Waals surface area contributed by atoms with Gasteiger partial charge in [-0.3, -0.25) is 9.59 Å². The Kier molecular flexibility index (Phi) is 57.2. The van der Waals surface area contributed by atoms with Gasteiger partial charge in [0.15, 0.2) is 12.4 Å². The number of hydrogen-bond acceptors (Lipinski definition) is 10. The number of carbonyl (C=O) groups excluding carboxylic acids is 2. The monoisotopic (exact) mass is 1210 g/mol. The van der Waals surface area contributed by atoms with Crippen LogP contribution in [0.3, 0.4) is 0 Å². The molecule has 1 aliphatic rings. The highest BCUT2D eigenvalue weighted by atomic mass is 16.7. The molecule has 1 aliphatic heterocycles. The van der Waals surface area contributed by atoms with Crippen LogP contribution in [-0.4, -0.2) is 99.6 Å². The van der Waals surface area contributed by atoms with E-state index in [1.807, 2.05) is 6.08 Å². The van der Waals surface area contributed by atoms with Gasteiger partial charge in [0.2, 0.25) is 5.91 Å². The summed E-state index contributed by atoms with van der Waals surface area (Å²) in [4.78, 5) is 26.7. The Morgan fingerprint density at radius 2 is 0.828 bits per heavy atom. The zero-order valence-corrected chi connectivity index (χ0v) is 54.8. The minimum Gasteiger partial charge on any atom is -0.454 e. The van der Waals surface area contributed by atoms with Crippen LogP contribution in [0.25, 0.3) is 0 Å². The maximum Gasteiger partial charge on any atom is 0.306 e. The number of esters is 1. The Labute approximate surface area is 530 Å². The molecular formula is C76H125NO10. The van der Waals surface area contributed by atoms with Crippen LogP contribution in [0.4, 0.5) is 0 Å². The van der Waals surface area contributed by atoms with Crippen LogP contribution in [0.2, 0.25) is 0 Å².